The average Bonchev–Trinajstić information content (AvgIpc) is 2.42. The number of para-hydroxylation sites is 2. The number of hydrogen-bond donors (Lipinski definition) is 0. The van der Waals surface area contributed by atoms with Crippen LogP contribution in [0.3, 0.4) is 0 Å². The Kier molecular flexibility index (Phi) is 1.98. The Bertz CT molecular complexity index is 461. The van der Waals surface area contributed by atoms with Gasteiger partial charge in [-0.3, -0.25) is 0 Å². The molecule has 0 radical (unpaired) electrons. The summed E-state index contributed by atoms with van der Waals surface area (Å²) in [6.45, 7) is 1.13. The Balaban J connectivity index is 2.24. The van der Waals surface area contributed by atoms with Gasteiger partial charge in [0.05, 0.1) is 16.8 Å². The van der Waals surface area contributed by atoms with Gasteiger partial charge in [0.1, 0.15) is 5.82 Å². The highest BCUT2D eigenvalue weighted by Crippen LogP contribution is 2.23. The Morgan fingerprint density at radius 2 is 2.21 bits per heavy atom. The van der Waals surface area contributed by atoms with Gasteiger partial charge in [-0.05, 0) is 24.3 Å². The molecule has 14 heavy (non-hydrogen) atoms. The monoisotopic (exact) mass is 204 g/mol. The normalized spacial score (nSPS) is 16.6. The summed E-state index contributed by atoms with van der Waals surface area (Å²) in [4.78, 5) is 4.66. The summed E-state index contributed by atoms with van der Waals surface area (Å²) < 4.78 is 2.37. The SMILES string of the molecule is c1ccc2c(c1)nc1n2CCCSC1. The number of benzene rings is 1. The number of aryl methyl sites for hydroxylation is 1. The highest BCUT2D eigenvalue weighted by Gasteiger charge is 2.12. The highest BCUT2D eigenvalue weighted by atomic mass is 32.2. The van der Waals surface area contributed by atoms with Crippen molar-refractivity contribution in [2.45, 2.75) is 18.7 Å². The van der Waals surface area contributed by atoms with Crippen LogP contribution in [0.5, 0.6) is 0 Å². The fourth-order valence-corrected chi connectivity index (χ4v) is 2.85. The maximum atomic E-state index is 4.66. The Labute approximate surface area is 87.3 Å². The molecule has 0 N–H and O–H groups in total. The standard InChI is InChI=1S/C11H12N2S/c1-2-5-10-9(4-1)12-11-8-14-7-3-6-13(10)11/h1-2,4-5H,3,6-8H2. The third-order valence-electron chi connectivity index (χ3n) is 2.64. The summed E-state index contributed by atoms with van der Waals surface area (Å²) in [5, 5.41) is 0. The summed E-state index contributed by atoms with van der Waals surface area (Å²) in [6, 6.07) is 8.42. The van der Waals surface area contributed by atoms with Crippen LogP contribution in [-0.4, -0.2) is 15.3 Å². The third kappa shape index (κ3) is 1.23. The van der Waals surface area contributed by atoms with Crippen molar-refractivity contribution in [2.75, 3.05) is 5.75 Å². The van der Waals surface area contributed by atoms with Gasteiger partial charge in [-0.2, -0.15) is 11.8 Å². The molecule has 72 valence electrons. The number of fused-ring (bicyclic) bond motifs is 3. The Hall–Kier alpha value is -0.960. The van der Waals surface area contributed by atoms with Crippen molar-refractivity contribution in [3.05, 3.63) is 30.1 Å². The molecular weight excluding hydrogens is 192 g/mol. The molecule has 0 fully saturated rings. The summed E-state index contributed by atoms with van der Waals surface area (Å²) in [6.07, 6.45) is 1.26. The zero-order valence-corrected chi connectivity index (χ0v) is 8.76. The smallest absolute Gasteiger partial charge is 0.119 e. The molecule has 2 heterocycles. The minimum atomic E-state index is 1.06. The van der Waals surface area contributed by atoms with Crippen molar-refractivity contribution in [2.24, 2.45) is 0 Å². The number of thioether (sulfide) groups is 1. The molecule has 1 aromatic heterocycles. The fraction of sp³-hybridized carbons (Fsp3) is 0.364. The van der Waals surface area contributed by atoms with Crippen molar-refractivity contribution in [3.8, 4) is 0 Å². The number of aromatic nitrogens is 2. The zero-order chi connectivity index (χ0) is 9.38. The predicted molar refractivity (Wildman–Crippen MR) is 60.5 cm³/mol. The van der Waals surface area contributed by atoms with Gasteiger partial charge in [0.15, 0.2) is 0 Å². The van der Waals surface area contributed by atoms with Crippen LogP contribution in [0.4, 0.5) is 0 Å². The van der Waals surface area contributed by atoms with Crippen LogP contribution in [0.15, 0.2) is 24.3 Å². The van der Waals surface area contributed by atoms with Crippen molar-refractivity contribution < 1.29 is 0 Å². The van der Waals surface area contributed by atoms with Crippen molar-refractivity contribution in [1.29, 1.82) is 0 Å². The van der Waals surface area contributed by atoms with Gasteiger partial charge in [-0.1, -0.05) is 12.1 Å². The lowest BCUT2D eigenvalue weighted by atomic mass is 10.3. The Morgan fingerprint density at radius 3 is 3.21 bits per heavy atom. The van der Waals surface area contributed by atoms with E-state index in [2.05, 4.69) is 33.8 Å². The highest BCUT2D eigenvalue weighted by molar-refractivity contribution is 7.98. The van der Waals surface area contributed by atoms with E-state index in [1.54, 1.807) is 0 Å². The molecule has 0 saturated heterocycles. The van der Waals surface area contributed by atoms with E-state index in [1.807, 2.05) is 11.8 Å². The quantitative estimate of drug-likeness (QED) is 0.656. The first-order valence-corrected chi connectivity index (χ1v) is 6.12. The minimum absolute atomic E-state index is 1.06. The molecule has 0 unspecified atom stereocenters. The molecular formula is C11H12N2S. The van der Waals surface area contributed by atoms with Crippen molar-refractivity contribution in [3.63, 3.8) is 0 Å². The minimum Gasteiger partial charge on any atom is -0.327 e. The third-order valence-corrected chi connectivity index (χ3v) is 3.67. The second kappa shape index (κ2) is 3.31. The van der Waals surface area contributed by atoms with E-state index in [0.29, 0.717) is 0 Å². The maximum Gasteiger partial charge on any atom is 0.119 e. The summed E-state index contributed by atoms with van der Waals surface area (Å²) in [5.41, 5.74) is 2.44. The Morgan fingerprint density at radius 1 is 1.29 bits per heavy atom. The lowest BCUT2D eigenvalue weighted by Crippen LogP contribution is -1.99. The lowest BCUT2D eigenvalue weighted by Gasteiger charge is -2.02. The molecule has 1 aliphatic heterocycles. The molecule has 0 aliphatic carbocycles. The van der Waals surface area contributed by atoms with E-state index in [9.17, 15) is 0 Å². The maximum absolute atomic E-state index is 4.66. The molecule has 0 saturated carbocycles. The lowest BCUT2D eigenvalue weighted by molar-refractivity contribution is 0.688. The van der Waals surface area contributed by atoms with E-state index in [4.69, 9.17) is 0 Å². The van der Waals surface area contributed by atoms with Crippen LogP contribution >= 0.6 is 11.8 Å². The topological polar surface area (TPSA) is 17.8 Å². The number of nitrogens with zero attached hydrogens (tertiary/aromatic N) is 2. The van der Waals surface area contributed by atoms with E-state index < -0.39 is 0 Å². The van der Waals surface area contributed by atoms with Crippen LogP contribution in [0.1, 0.15) is 12.2 Å². The second-order valence-electron chi connectivity index (χ2n) is 3.57. The van der Waals surface area contributed by atoms with E-state index in [0.717, 1.165) is 17.8 Å². The number of imidazole rings is 1. The first-order valence-electron chi connectivity index (χ1n) is 4.97. The summed E-state index contributed by atoms with van der Waals surface area (Å²) in [7, 11) is 0. The van der Waals surface area contributed by atoms with E-state index in [1.165, 1.54) is 23.5 Å². The molecule has 0 bridgehead atoms. The molecule has 1 aliphatic rings. The van der Waals surface area contributed by atoms with E-state index in [-0.39, 0.29) is 0 Å². The number of rotatable bonds is 0. The van der Waals surface area contributed by atoms with Crippen LogP contribution in [0.2, 0.25) is 0 Å². The van der Waals surface area contributed by atoms with Crippen molar-refractivity contribution in [1.82, 2.24) is 9.55 Å². The van der Waals surface area contributed by atoms with Crippen LogP contribution in [0.25, 0.3) is 11.0 Å². The molecule has 3 rings (SSSR count). The van der Waals surface area contributed by atoms with Gasteiger partial charge in [0, 0.05) is 6.54 Å². The first kappa shape index (κ1) is 8.36. The van der Waals surface area contributed by atoms with Crippen LogP contribution in [-0.2, 0) is 12.3 Å². The van der Waals surface area contributed by atoms with E-state index >= 15 is 0 Å². The van der Waals surface area contributed by atoms with Gasteiger partial charge in [0.25, 0.3) is 0 Å². The largest absolute Gasteiger partial charge is 0.327 e. The molecule has 2 aromatic rings. The molecule has 1 aromatic carbocycles. The van der Waals surface area contributed by atoms with Gasteiger partial charge in [-0.25, -0.2) is 4.98 Å². The van der Waals surface area contributed by atoms with Crippen LogP contribution in [0, 0.1) is 0 Å². The fourth-order valence-electron chi connectivity index (χ4n) is 1.97. The summed E-state index contributed by atoms with van der Waals surface area (Å²) in [5.74, 6) is 3.57. The molecule has 3 heteroatoms. The van der Waals surface area contributed by atoms with Crippen molar-refractivity contribution >= 4 is 22.8 Å². The molecule has 0 amide bonds. The first-order chi connectivity index (χ1) is 6.95. The molecule has 0 atom stereocenters. The molecule has 2 nitrogen and oxygen atoms in total. The molecule has 0 spiro atoms. The number of hydrogen-bond acceptors (Lipinski definition) is 2. The van der Waals surface area contributed by atoms with Gasteiger partial charge in [-0.15, -0.1) is 0 Å². The average molecular weight is 204 g/mol. The van der Waals surface area contributed by atoms with Gasteiger partial charge >= 0.3 is 0 Å². The second-order valence-corrected chi connectivity index (χ2v) is 4.68. The van der Waals surface area contributed by atoms with Crippen LogP contribution < -0.4 is 0 Å². The zero-order valence-electron chi connectivity index (χ0n) is 7.94. The summed E-state index contributed by atoms with van der Waals surface area (Å²) >= 11 is 1.99. The van der Waals surface area contributed by atoms with Gasteiger partial charge in [0.2, 0.25) is 0 Å². The van der Waals surface area contributed by atoms with Gasteiger partial charge < -0.3 is 4.57 Å². The predicted octanol–water partition coefficient (Wildman–Crippen LogP) is 2.67.